The Morgan fingerprint density at radius 3 is 2.50 bits per heavy atom. The van der Waals surface area contributed by atoms with Gasteiger partial charge in [0, 0.05) is 30.2 Å². The van der Waals surface area contributed by atoms with E-state index in [4.69, 9.17) is 14.5 Å². The predicted molar refractivity (Wildman–Crippen MR) is 147 cm³/mol. The Labute approximate surface area is 224 Å². The number of hydrogen-bond donors (Lipinski definition) is 0. The molecule has 0 amide bonds. The molecule has 1 saturated carbocycles. The van der Waals surface area contributed by atoms with Gasteiger partial charge in [0.05, 0.1) is 28.3 Å². The summed E-state index contributed by atoms with van der Waals surface area (Å²) >= 11 is 3.81. The van der Waals surface area contributed by atoms with E-state index < -0.39 is 0 Å². The van der Waals surface area contributed by atoms with Crippen molar-refractivity contribution in [2.45, 2.75) is 116 Å². The highest BCUT2D eigenvalue weighted by Crippen LogP contribution is 2.40. The van der Waals surface area contributed by atoms with Crippen LogP contribution in [0.15, 0.2) is 28.9 Å². The second kappa shape index (κ2) is 11.4. The van der Waals surface area contributed by atoms with E-state index in [9.17, 15) is 4.79 Å². The number of fused-ring (bicyclic) bond motifs is 3. The van der Waals surface area contributed by atoms with Crippen LogP contribution in [0, 0.1) is 11.8 Å². The third kappa shape index (κ3) is 5.75. The van der Waals surface area contributed by atoms with Gasteiger partial charge in [-0.3, -0.25) is 14.7 Å². The second-order valence-corrected chi connectivity index (χ2v) is 12.3. The van der Waals surface area contributed by atoms with Gasteiger partial charge < -0.3 is 9.47 Å². The number of pyridine rings is 1. The van der Waals surface area contributed by atoms with Crippen LogP contribution in [0.1, 0.15) is 90.7 Å². The van der Waals surface area contributed by atoms with Gasteiger partial charge in [0.25, 0.3) is 0 Å². The zero-order valence-electron chi connectivity index (χ0n) is 22.0. The van der Waals surface area contributed by atoms with Crippen molar-refractivity contribution in [1.29, 1.82) is 0 Å². The first-order valence-electron chi connectivity index (χ1n) is 14.1. The molecule has 5 nitrogen and oxygen atoms in total. The molecule has 2 aliphatic heterocycles. The molecule has 1 aliphatic carbocycles. The number of nitrogens with zero attached hydrogens (tertiary/aromatic N) is 2. The number of ether oxygens (including phenoxy) is 2. The van der Waals surface area contributed by atoms with Gasteiger partial charge in [-0.1, -0.05) is 25.8 Å². The van der Waals surface area contributed by atoms with Gasteiger partial charge in [0.1, 0.15) is 5.75 Å². The summed E-state index contributed by atoms with van der Waals surface area (Å²) in [5.74, 6) is 1.83. The van der Waals surface area contributed by atoms with Gasteiger partial charge in [0.2, 0.25) is 0 Å². The molecule has 6 heteroatoms. The number of benzene rings is 1. The van der Waals surface area contributed by atoms with Crippen molar-refractivity contribution in [3.8, 4) is 5.75 Å². The van der Waals surface area contributed by atoms with Crippen molar-refractivity contribution < 1.29 is 14.3 Å². The van der Waals surface area contributed by atoms with E-state index in [1.165, 1.54) is 31.1 Å². The summed E-state index contributed by atoms with van der Waals surface area (Å²) in [6, 6.07) is 7.39. The van der Waals surface area contributed by atoms with Gasteiger partial charge in [-0.25, -0.2) is 0 Å². The molecule has 2 aromatic rings. The molecule has 0 spiro atoms. The van der Waals surface area contributed by atoms with Crippen molar-refractivity contribution >= 4 is 32.7 Å². The van der Waals surface area contributed by atoms with Crippen LogP contribution >= 0.6 is 15.9 Å². The van der Waals surface area contributed by atoms with Crippen LogP contribution in [-0.4, -0.2) is 40.1 Å². The van der Waals surface area contributed by atoms with Gasteiger partial charge in [0.15, 0.2) is 0 Å². The molecule has 2 unspecified atom stereocenters. The van der Waals surface area contributed by atoms with Crippen LogP contribution in [0.2, 0.25) is 0 Å². The summed E-state index contributed by atoms with van der Waals surface area (Å²) in [4.78, 5) is 20.1. The van der Waals surface area contributed by atoms with E-state index in [2.05, 4.69) is 46.0 Å². The highest BCUT2D eigenvalue weighted by atomic mass is 79.9. The van der Waals surface area contributed by atoms with E-state index >= 15 is 0 Å². The van der Waals surface area contributed by atoms with Crippen molar-refractivity contribution in [3.63, 3.8) is 0 Å². The Morgan fingerprint density at radius 2 is 1.83 bits per heavy atom. The molecule has 2 bridgehead atoms. The van der Waals surface area contributed by atoms with E-state index in [-0.39, 0.29) is 18.0 Å². The summed E-state index contributed by atoms with van der Waals surface area (Å²) in [5, 5.41) is 2.29. The Hall–Kier alpha value is -1.66. The average Bonchev–Trinajstić information content (AvgIpc) is 2.85. The molecule has 2 saturated heterocycles. The van der Waals surface area contributed by atoms with Crippen LogP contribution in [0.25, 0.3) is 10.8 Å². The van der Waals surface area contributed by atoms with Crippen LogP contribution < -0.4 is 4.74 Å². The summed E-state index contributed by atoms with van der Waals surface area (Å²) in [6.07, 6.45) is 13.8. The standard InChI is InChI=1S/C30H41BrN2O3/c1-4-20-8-11-26(12-9-20)36-28-13-10-21-14-23(32-17-27(21)29(28)31)18-33-24-6-5-7-25(33)16-22(15-24)30(34)35-19(2)3/h10,13-14,17,19-20,22,24-26H,4-9,11-12,15-16,18H2,1-3H3. The van der Waals surface area contributed by atoms with Crippen molar-refractivity contribution in [2.24, 2.45) is 11.8 Å². The molecule has 3 aliphatic rings. The number of halogens is 1. The molecule has 5 rings (SSSR count). The molecule has 0 N–H and O–H groups in total. The fourth-order valence-corrected chi connectivity index (χ4v) is 7.23. The van der Waals surface area contributed by atoms with E-state index in [0.29, 0.717) is 18.2 Å². The molecule has 2 atom stereocenters. The molecule has 1 aromatic carbocycles. The lowest BCUT2D eigenvalue weighted by molar-refractivity contribution is -0.157. The topological polar surface area (TPSA) is 51.7 Å². The van der Waals surface area contributed by atoms with Crippen LogP contribution in [0.3, 0.4) is 0 Å². The van der Waals surface area contributed by atoms with Crippen LogP contribution in [0.5, 0.6) is 5.75 Å². The number of aromatic nitrogens is 1. The number of carbonyl (C=O) groups excluding carboxylic acids is 1. The predicted octanol–water partition coefficient (Wildman–Crippen LogP) is 7.43. The largest absolute Gasteiger partial charge is 0.489 e. The third-order valence-electron chi connectivity index (χ3n) is 8.68. The highest BCUT2D eigenvalue weighted by Gasteiger charge is 2.41. The minimum atomic E-state index is -0.0431. The number of piperidine rings is 2. The van der Waals surface area contributed by atoms with E-state index in [1.807, 2.05) is 20.0 Å². The Kier molecular flexibility index (Phi) is 8.21. The van der Waals surface area contributed by atoms with Gasteiger partial charge in [-0.2, -0.15) is 0 Å². The monoisotopic (exact) mass is 556 g/mol. The Bertz CT molecular complexity index is 1050. The summed E-state index contributed by atoms with van der Waals surface area (Å²) in [5.41, 5.74) is 1.10. The van der Waals surface area contributed by atoms with Crippen molar-refractivity contribution in [1.82, 2.24) is 9.88 Å². The fraction of sp³-hybridized carbons (Fsp3) is 0.667. The minimum absolute atomic E-state index is 0.00772. The molecule has 36 heavy (non-hydrogen) atoms. The van der Waals surface area contributed by atoms with Crippen molar-refractivity contribution in [2.75, 3.05) is 0 Å². The number of esters is 1. The maximum absolute atomic E-state index is 12.6. The second-order valence-electron chi connectivity index (χ2n) is 11.5. The first-order chi connectivity index (χ1) is 17.4. The van der Waals surface area contributed by atoms with E-state index in [1.54, 1.807) is 0 Å². The lowest BCUT2D eigenvalue weighted by Crippen LogP contribution is -2.53. The summed E-state index contributed by atoms with van der Waals surface area (Å²) in [6.45, 7) is 7.01. The zero-order chi connectivity index (χ0) is 25.2. The minimum Gasteiger partial charge on any atom is -0.489 e. The number of rotatable bonds is 7. The zero-order valence-corrected chi connectivity index (χ0v) is 23.6. The molecular weight excluding hydrogens is 516 g/mol. The van der Waals surface area contributed by atoms with Crippen molar-refractivity contribution in [3.05, 3.63) is 34.6 Å². The Morgan fingerprint density at radius 1 is 1.11 bits per heavy atom. The third-order valence-corrected chi connectivity index (χ3v) is 9.50. The lowest BCUT2D eigenvalue weighted by Gasteiger charge is -2.48. The first kappa shape index (κ1) is 26.0. The van der Waals surface area contributed by atoms with E-state index in [0.717, 1.165) is 72.3 Å². The molecule has 3 heterocycles. The average molecular weight is 558 g/mol. The quantitative estimate of drug-likeness (QED) is 0.332. The molecule has 3 fully saturated rings. The first-order valence-corrected chi connectivity index (χ1v) is 14.9. The fourth-order valence-electron chi connectivity index (χ4n) is 6.67. The summed E-state index contributed by atoms with van der Waals surface area (Å²) in [7, 11) is 0. The van der Waals surface area contributed by atoms with Crippen LogP contribution in [-0.2, 0) is 16.1 Å². The highest BCUT2D eigenvalue weighted by molar-refractivity contribution is 9.10. The molecule has 0 radical (unpaired) electrons. The normalized spacial score (nSPS) is 28.9. The van der Waals surface area contributed by atoms with Gasteiger partial charge in [-0.05, 0) is 105 Å². The number of hydrogen-bond acceptors (Lipinski definition) is 5. The SMILES string of the molecule is CCC1CCC(Oc2ccc3cc(CN4C5CCCC4CC(C(=O)OC(C)C)C5)ncc3c2Br)CC1. The summed E-state index contributed by atoms with van der Waals surface area (Å²) < 4.78 is 13.0. The smallest absolute Gasteiger partial charge is 0.309 e. The Balaban J connectivity index is 1.26. The van der Waals surface area contributed by atoms with Gasteiger partial charge >= 0.3 is 5.97 Å². The number of carbonyl (C=O) groups is 1. The molecule has 196 valence electrons. The maximum Gasteiger partial charge on any atom is 0.309 e. The maximum atomic E-state index is 12.6. The van der Waals surface area contributed by atoms with Crippen LogP contribution in [0.4, 0.5) is 0 Å². The molecular formula is C30H41BrN2O3. The lowest BCUT2D eigenvalue weighted by atomic mass is 9.78. The van der Waals surface area contributed by atoms with Gasteiger partial charge in [-0.15, -0.1) is 0 Å². The molecule has 1 aromatic heterocycles.